The molecular weight excluding hydrogens is 240 g/mol. The maximum Gasteiger partial charge on any atom is 0.163 e. The van der Waals surface area contributed by atoms with Crippen LogP contribution in [0.1, 0.15) is 32.8 Å². The minimum Gasteiger partial charge on any atom is -0.365 e. The van der Waals surface area contributed by atoms with E-state index in [0.29, 0.717) is 6.42 Å². The van der Waals surface area contributed by atoms with Crippen LogP contribution in [-0.4, -0.2) is 45.6 Å². The molecule has 1 aliphatic heterocycles. The molecule has 1 N–H and O–H groups in total. The molecule has 0 saturated carbocycles. The van der Waals surface area contributed by atoms with Crippen LogP contribution in [0.25, 0.3) is 0 Å². The number of likely N-dealkylation sites (N-methyl/N-ethyl adjacent to an activating group) is 1. The van der Waals surface area contributed by atoms with Crippen molar-refractivity contribution in [3.8, 4) is 0 Å². The van der Waals surface area contributed by atoms with Crippen molar-refractivity contribution < 1.29 is 5.21 Å². The maximum absolute atomic E-state index is 10.7. The first-order valence-corrected chi connectivity index (χ1v) is 6.53. The second-order valence-electron chi connectivity index (χ2n) is 5.61. The van der Waals surface area contributed by atoms with Crippen LogP contribution in [0.5, 0.6) is 0 Å². The fourth-order valence-electron chi connectivity index (χ4n) is 2.80. The molecule has 0 aromatic carbocycles. The molecule has 0 radical (unpaired) electrons. The average Bonchev–Trinajstić information content (AvgIpc) is 2.60. The van der Waals surface area contributed by atoms with E-state index in [9.17, 15) is 5.21 Å². The number of aliphatic imine (C=N–C) groups is 1. The van der Waals surface area contributed by atoms with E-state index in [1.807, 2.05) is 51.9 Å². The second-order valence-corrected chi connectivity index (χ2v) is 5.61. The molecule has 2 rings (SSSR count). The predicted octanol–water partition coefficient (Wildman–Crippen LogP) is 2.09. The molecule has 0 spiro atoms. The first-order valence-electron chi connectivity index (χ1n) is 6.53. The maximum atomic E-state index is 10.7. The van der Waals surface area contributed by atoms with Crippen LogP contribution in [0.4, 0.5) is 0 Å². The molecule has 1 unspecified atom stereocenters. The SMILES string of the molecule is CCC1(c2ccncc2)N=C(N(C)C)C(C)(C)N1O. The summed E-state index contributed by atoms with van der Waals surface area (Å²) in [6.45, 7) is 5.98. The van der Waals surface area contributed by atoms with Gasteiger partial charge in [-0.05, 0) is 38.0 Å². The van der Waals surface area contributed by atoms with Gasteiger partial charge in [-0.15, -0.1) is 5.06 Å². The van der Waals surface area contributed by atoms with E-state index in [1.54, 1.807) is 12.4 Å². The van der Waals surface area contributed by atoms with Crippen LogP contribution in [0.15, 0.2) is 29.5 Å². The number of rotatable bonds is 2. The molecule has 19 heavy (non-hydrogen) atoms. The first-order chi connectivity index (χ1) is 8.86. The highest BCUT2D eigenvalue weighted by Crippen LogP contribution is 2.43. The Morgan fingerprint density at radius 1 is 1.26 bits per heavy atom. The quantitative estimate of drug-likeness (QED) is 0.886. The molecule has 0 amide bonds. The minimum atomic E-state index is -0.730. The van der Waals surface area contributed by atoms with Gasteiger partial charge in [0.15, 0.2) is 5.66 Å². The number of nitrogens with zero attached hydrogens (tertiary/aromatic N) is 4. The molecule has 2 heterocycles. The molecule has 1 atom stereocenters. The summed E-state index contributed by atoms with van der Waals surface area (Å²) in [6, 6.07) is 3.82. The van der Waals surface area contributed by atoms with Gasteiger partial charge in [-0.2, -0.15) is 0 Å². The van der Waals surface area contributed by atoms with Gasteiger partial charge >= 0.3 is 0 Å². The first kappa shape index (κ1) is 14.0. The van der Waals surface area contributed by atoms with E-state index in [2.05, 4.69) is 4.98 Å². The molecule has 0 aliphatic carbocycles. The lowest BCUT2D eigenvalue weighted by atomic mass is 9.95. The summed E-state index contributed by atoms with van der Waals surface area (Å²) in [4.78, 5) is 10.8. The van der Waals surface area contributed by atoms with E-state index in [1.165, 1.54) is 5.06 Å². The van der Waals surface area contributed by atoms with E-state index >= 15 is 0 Å². The summed E-state index contributed by atoms with van der Waals surface area (Å²) >= 11 is 0. The van der Waals surface area contributed by atoms with Crippen LogP contribution >= 0.6 is 0 Å². The Morgan fingerprint density at radius 3 is 2.26 bits per heavy atom. The summed E-state index contributed by atoms with van der Waals surface area (Å²) in [5, 5.41) is 12.1. The highest BCUT2D eigenvalue weighted by atomic mass is 16.5. The van der Waals surface area contributed by atoms with Crippen LogP contribution < -0.4 is 0 Å². The molecule has 0 bridgehead atoms. The van der Waals surface area contributed by atoms with Gasteiger partial charge in [0.25, 0.3) is 0 Å². The Labute approximate surface area is 114 Å². The fourth-order valence-corrected chi connectivity index (χ4v) is 2.80. The second kappa shape index (κ2) is 4.58. The highest BCUT2D eigenvalue weighted by molar-refractivity contribution is 5.92. The monoisotopic (exact) mass is 262 g/mol. The third kappa shape index (κ3) is 1.93. The number of amidine groups is 1. The third-order valence-electron chi connectivity index (χ3n) is 3.78. The number of hydrogen-bond donors (Lipinski definition) is 1. The van der Waals surface area contributed by atoms with Gasteiger partial charge in [0.1, 0.15) is 11.4 Å². The van der Waals surface area contributed by atoms with Gasteiger partial charge in [0.2, 0.25) is 0 Å². The molecule has 1 aromatic heterocycles. The number of hydrogen-bond acceptors (Lipinski definition) is 5. The average molecular weight is 262 g/mol. The van der Waals surface area contributed by atoms with Crippen LogP contribution in [-0.2, 0) is 5.66 Å². The van der Waals surface area contributed by atoms with Gasteiger partial charge in [-0.3, -0.25) is 4.98 Å². The van der Waals surface area contributed by atoms with Crippen molar-refractivity contribution in [3.63, 3.8) is 0 Å². The van der Waals surface area contributed by atoms with E-state index in [0.717, 1.165) is 11.4 Å². The van der Waals surface area contributed by atoms with E-state index in [-0.39, 0.29) is 0 Å². The van der Waals surface area contributed by atoms with Crippen LogP contribution in [0, 0.1) is 0 Å². The van der Waals surface area contributed by atoms with Crippen molar-refractivity contribution in [3.05, 3.63) is 30.1 Å². The Hall–Kier alpha value is -1.46. The van der Waals surface area contributed by atoms with Crippen molar-refractivity contribution >= 4 is 5.84 Å². The minimum absolute atomic E-state index is 0.525. The highest BCUT2D eigenvalue weighted by Gasteiger charge is 2.53. The lowest BCUT2D eigenvalue weighted by Crippen LogP contribution is -2.53. The van der Waals surface area contributed by atoms with Gasteiger partial charge in [-0.25, -0.2) is 4.99 Å². The summed E-state index contributed by atoms with van der Waals surface area (Å²) in [7, 11) is 3.90. The topological polar surface area (TPSA) is 52.0 Å². The zero-order valence-electron chi connectivity index (χ0n) is 12.3. The Kier molecular flexibility index (Phi) is 3.36. The van der Waals surface area contributed by atoms with Gasteiger partial charge in [0, 0.05) is 26.5 Å². The standard InChI is InChI=1S/C14H22N4O/c1-6-14(11-7-9-15-10-8-11)16-12(17(4)5)13(2,3)18(14)19/h7-10,19H,6H2,1-5H3. The zero-order valence-corrected chi connectivity index (χ0v) is 12.3. The zero-order chi connectivity index (χ0) is 14.3. The molecule has 0 fully saturated rings. The van der Waals surface area contributed by atoms with Crippen molar-refractivity contribution in [1.29, 1.82) is 0 Å². The Bertz CT molecular complexity index is 483. The van der Waals surface area contributed by atoms with Gasteiger partial charge in [0.05, 0.1) is 0 Å². The fraction of sp³-hybridized carbons (Fsp3) is 0.571. The smallest absolute Gasteiger partial charge is 0.163 e. The molecule has 0 saturated heterocycles. The molecule has 5 nitrogen and oxygen atoms in total. The molecule has 104 valence electrons. The largest absolute Gasteiger partial charge is 0.365 e. The Morgan fingerprint density at radius 2 is 1.84 bits per heavy atom. The summed E-state index contributed by atoms with van der Waals surface area (Å²) in [6.07, 6.45) is 4.15. The lowest BCUT2D eigenvalue weighted by molar-refractivity contribution is -0.206. The van der Waals surface area contributed by atoms with Gasteiger partial charge in [-0.1, -0.05) is 6.92 Å². The van der Waals surface area contributed by atoms with E-state index < -0.39 is 11.2 Å². The van der Waals surface area contributed by atoms with E-state index in [4.69, 9.17) is 4.99 Å². The summed E-state index contributed by atoms with van der Waals surface area (Å²) in [5.74, 6) is 0.869. The predicted molar refractivity (Wildman–Crippen MR) is 75.0 cm³/mol. The molecule has 5 heteroatoms. The Balaban J connectivity index is 2.59. The normalized spacial score (nSPS) is 26.3. The number of aromatic nitrogens is 1. The summed E-state index contributed by atoms with van der Waals surface area (Å²) < 4.78 is 0. The molecule has 1 aromatic rings. The van der Waals surface area contributed by atoms with Gasteiger partial charge < -0.3 is 10.1 Å². The van der Waals surface area contributed by atoms with Crippen molar-refractivity contribution in [2.24, 2.45) is 4.99 Å². The lowest BCUT2D eigenvalue weighted by Gasteiger charge is -2.38. The summed E-state index contributed by atoms with van der Waals surface area (Å²) in [5.41, 5.74) is -0.299. The number of pyridine rings is 1. The molecular formula is C14H22N4O. The van der Waals surface area contributed by atoms with Crippen molar-refractivity contribution in [2.75, 3.05) is 14.1 Å². The van der Waals surface area contributed by atoms with Crippen molar-refractivity contribution in [1.82, 2.24) is 14.9 Å². The molecule has 1 aliphatic rings. The number of hydroxylamine groups is 2. The van der Waals surface area contributed by atoms with Crippen molar-refractivity contribution in [2.45, 2.75) is 38.4 Å². The van der Waals surface area contributed by atoms with Crippen LogP contribution in [0.3, 0.4) is 0 Å². The van der Waals surface area contributed by atoms with Crippen LogP contribution in [0.2, 0.25) is 0 Å². The third-order valence-corrected chi connectivity index (χ3v) is 3.78.